The van der Waals surface area contributed by atoms with E-state index in [1.165, 1.54) is 18.2 Å². The maximum Gasteiger partial charge on any atom is 0.262 e. The Labute approximate surface area is 116 Å². The van der Waals surface area contributed by atoms with Gasteiger partial charge in [0.1, 0.15) is 11.6 Å². The van der Waals surface area contributed by atoms with Gasteiger partial charge in [0.15, 0.2) is 6.61 Å². The number of rotatable bonds is 4. The van der Waals surface area contributed by atoms with Crippen molar-refractivity contribution >= 4 is 17.3 Å². The molecule has 104 valence electrons. The minimum absolute atomic E-state index is 0.142. The van der Waals surface area contributed by atoms with E-state index >= 15 is 0 Å². The first-order chi connectivity index (χ1) is 9.54. The number of benzene rings is 2. The number of carbonyl (C=O) groups is 1. The summed E-state index contributed by atoms with van der Waals surface area (Å²) in [5, 5.41) is 2.68. The van der Waals surface area contributed by atoms with Gasteiger partial charge in [0.05, 0.1) is 0 Å². The van der Waals surface area contributed by atoms with Crippen molar-refractivity contribution in [1.29, 1.82) is 0 Å². The van der Waals surface area contributed by atoms with Crippen LogP contribution in [-0.2, 0) is 4.79 Å². The Morgan fingerprint density at radius 1 is 1.25 bits per heavy atom. The Bertz CT molecular complexity index is 612. The topological polar surface area (TPSA) is 64.3 Å². The van der Waals surface area contributed by atoms with Gasteiger partial charge in [0.25, 0.3) is 5.91 Å². The van der Waals surface area contributed by atoms with Crippen LogP contribution in [0.2, 0.25) is 0 Å². The number of nitrogens with two attached hydrogens (primary N) is 1. The molecule has 0 fully saturated rings. The number of amides is 1. The Morgan fingerprint density at radius 2 is 1.95 bits per heavy atom. The molecule has 0 saturated carbocycles. The second-order valence-corrected chi connectivity index (χ2v) is 4.37. The number of hydrogen-bond acceptors (Lipinski definition) is 3. The van der Waals surface area contributed by atoms with Crippen LogP contribution in [0.5, 0.6) is 5.75 Å². The van der Waals surface area contributed by atoms with Crippen LogP contribution in [0.25, 0.3) is 0 Å². The minimum Gasteiger partial charge on any atom is -0.483 e. The fourth-order valence-corrected chi connectivity index (χ4v) is 1.68. The lowest BCUT2D eigenvalue weighted by molar-refractivity contribution is -0.118. The molecule has 0 radical (unpaired) electrons. The maximum absolute atomic E-state index is 12.9. The van der Waals surface area contributed by atoms with Crippen LogP contribution in [0.15, 0.2) is 42.5 Å². The highest BCUT2D eigenvalue weighted by atomic mass is 19.1. The quantitative estimate of drug-likeness (QED) is 0.842. The Hall–Kier alpha value is -2.56. The highest BCUT2D eigenvalue weighted by Crippen LogP contribution is 2.18. The van der Waals surface area contributed by atoms with Crippen molar-refractivity contribution in [2.45, 2.75) is 6.92 Å². The second-order valence-electron chi connectivity index (χ2n) is 4.37. The third-order valence-electron chi connectivity index (χ3n) is 2.69. The van der Waals surface area contributed by atoms with Crippen LogP contribution in [0.1, 0.15) is 5.56 Å². The lowest BCUT2D eigenvalue weighted by atomic mass is 10.2. The lowest BCUT2D eigenvalue weighted by Crippen LogP contribution is -2.20. The molecule has 3 N–H and O–H groups in total. The molecule has 0 bridgehead atoms. The summed E-state index contributed by atoms with van der Waals surface area (Å²) in [6, 6.07) is 10.9. The van der Waals surface area contributed by atoms with Crippen molar-refractivity contribution in [3.8, 4) is 5.75 Å². The van der Waals surface area contributed by atoms with Gasteiger partial charge in [-0.2, -0.15) is 0 Å². The Balaban J connectivity index is 1.90. The van der Waals surface area contributed by atoms with Crippen LogP contribution in [0, 0.1) is 12.7 Å². The van der Waals surface area contributed by atoms with Crippen LogP contribution in [0.4, 0.5) is 15.8 Å². The van der Waals surface area contributed by atoms with E-state index in [-0.39, 0.29) is 18.3 Å². The van der Waals surface area contributed by atoms with E-state index < -0.39 is 0 Å². The summed E-state index contributed by atoms with van der Waals surface area (Å²) in [7, 11) is 0. The van der Waals surface area contributed by atoms with Gasteiger partial charge in [-0.15, -0.1) is 0 Å². The lowest BCUT2D eigenvalue weighted by Gasteiger charge is -2.09. The second kappa shape index (κ2) is 6.06. The summed E-state index contributed by atoms with van der Waals surface area (Å²) in [6.07, 6.45) is 0. The van der Waals surface area contributed by atoms with Gasteiger partial charge in [-0.1, -0.05) is 0 Å². The molecule has 20 heavy (non-hydrogen) atoms. The molecule has 0 unspecified atom stereocenters. The number of anilines is 2. The van der Waals surface area contributed by atoms with Crippen molar-refractivity contribution in [2.75, 3.05) is 17.7 Å². The first kappa shape index (κ1) is 13.9. The van der Waals surface area contributed by atoms with E-state index in [9.17, 15) is 9.18 Å². The minimum atomic E-state index is -0.332. The summed E-state index contributed by atoms with van der Waals surface area (Å²) >= 11 is 0. The van der Waals surface area contributed by atoms with E-state index in [2.05, 4.69) is 5.32 Å². The third-order valence-corrected chi connectivity index (χ3v) is 2.69. The highest BCUT2D eigenvalue weighted by Gasteiger charge is 2.06. The summed E-state index contributed by atoms with van der Waals surface area (Å²) in [5.74, 6) is -0.140. The zero-order valence-electron chi connectivity index (χ0n) is 11.0. The SMILES string of the molecule is Cc1cc(F)ccc1OCC(=O)Nc1ccc(N)cc1. The van der Waals surface area contributed by atoms with Crippen LogP contribution in [-0.4, -0.2) is 12.5 Å². The molecule has 0 aromatic heterocycles. The largest absolute Gasteiger partial charge is 0.483 e. The van der Waals surface area contributed by atoms with Crippen molar-refractivity contribution in [3.05, 3.63) is 53.8 Å². The smallest absolute Gasteiger partial charge is 0.262 e. The zero-order valence-corrected chi connectivity index (χ0v) is 11.0. The Morgan fingerprint density at radius 3 is 2.60 bits per heavy atom. The third kappa shape index (κ3) is 3.71. The molecule has 0 atom stereocenters. The number of nitrogen functional groups attached to an aromatic ring is 1. The van der Waals surface area contributed by atoms with Gasteiger partial charge in [0, 0.05) is 11.4 Å². The standard InChI is InChI=1S/C15H15FN2O2/c1-10-8-11(16)2-7-14(10)20-9-15(19)18-13-5-3-12(17)4-6-13/h2-8H,9,17H2,1H3,(H,18,19). The molecular weight excluding hydrogens is 259 g/mol. The van der Waals surface area contributed by atoms with Crippen molar-refractivity contribution in [3.63, 3.8) is 0 Å². The van der Waals surface area contributed by atoms with Crippen molar-refractivity contribution in [2.24, 2.45) is 0 Å². The van der Waals surface area contributed by atoms with E-state index in [1.54, 1.807) is 31.2 Å². The molecule has 1 amide bonds. The van der Waals surface area contributed by atoms with E-state index in [4.69, 9.17) is 10.5 Å². The summed E-state index contributed by atoms with van der Waals surface area (Å²) < 4.78 is 18.3. The maximum atomic E-state index is 12.9. The molecule has 0 saturated heterocycles. The molecular formula is C15H15FN2O2. The molecule has 0 aliphatic heterocycles. The predicted octanol–water partition coefficient (Wildman–Crippen LogP) is 2.73. The number of aryl methyl sites for hydroxylation is 1. The summed E-state index contributed by atoms with van der Waals surface area (Å²) in [5.41, 5.74) is 7.47. The van der Waals surface area contributed by atoms with Crippen molar-refractivity contribution < 1.29 is 13.9 Å². The molecule has 2 aromatic carbocycles. The average Bonchev–Trinajstić information content (AvgIpc) is 2.40. The van der Waals surface area contributed by atoms with Gasteiger partial charge in [-0.25, -0.2) is 4.39 Å². The van der Waals surface area contributed by atoms with Gasteiger partial charge < -0.3 is 15.8 Å². The summed E-state index contributed by atoms with van der Waals surface area (Å²) in [6.45, 7) is 1.58. The molecule has 4 nitrogen and oxygen atoms in total. The monoisotopic (exact) mass is 274 g/mol. The number of carbonyl (C=O) groups excluding carboxylic acids is 1. The van der Waals surface area contributed by atoms with Gasteiger partial charge >= 0.3 is 0 Å². The number of nitrogens with one attached hydrogen (secondary N) is 1. The molecule has 5 heteroatoms. The van der Waals surface area contributed by atoms with Gasteiger partial charge in [0.2, 0.25) is 0 Å². The fraction of sp³-hybridized carbons (Fsp3) is 0.133. The zero-order chi connectivity index (χ0) is 14.5. The van der Waals surface area contributed by atoms with E-state index in [0.717, 1.165) is 0 Å². The predicted molar refractivity (Wildman–Crippen MR) is 76.1 cm³/mol. The van der Waals surface area contributed by atoms with Gasteiger partial charge in [-0.05, 0) is 55.0 Å². The molecule has 0 heterocycles. The highest BCUT2D eigenvalue weighted by molar-refractivity contribution is 5.92. The number of ether oxygens (including phenoxy) is 1. The first-order valence-electron chi connectivity index (χ1n) is 6.09. The van der Waals surface area contributed by atoms with Gasteiger partial charge in [-0.3, -0.25) is 4.79 Å². The molecule has 0 spiro atoms. The summed E-state index contributed by atoms with van der Waals surface area (Å²) in [4.78, 5) is 11.7. The van der Waals surface area contributed by atoms with Crippen LogP contribution < -0.4 is 15.8 Å². The molecule has 2 aromatic rings. The molecule has 0 aliphatic carbocycles. The Kier molecular flexibility index (Phi) is 4.20. The number of halogens is 1. The van der Waals surface area contributed by atoms with E-state index in [0.29, 0.717) is 22.7 Å². The van der Waals surface area contributed by atoms with Crippen molar-refractivity contribution in [1.82, 2.24) is 0 Å². The van der Waals surface area contributed by atoms with Crippen LogP contribution >= 0.6 is 0 Å². The first-order valence-corrected chi connectivity index (χ1v) is 6.09. The normalized spacial score (nSPS) is 10.1. The molecule has 2 rings (SSSR count). The number of hydrogen-bond donors (Lipinski definition) is 2. The van der Waals surface area contributed by atoms with E-state index in [1.807, 2.05) is 0 Å². The average molecular weight is 274 g/mol. The van der Waals surface area contributed by atoms with Crippen LogP contribution in [0.3, 0.4) is 0 Å². The molecule has 0 aliphatic rings. The fourth-order valence-electron chi connectivity index (χ4n) is 1.68.